The van der Waals surface area contributed by atoms with E-state index in [0.29, 0.717) is 10.0 Å². The van der Waals surface area contributed by atoms with Crippen molar-refractivity contribution in [3.05, 3.63) is 58.6 Å². The Labute approximate surface area is 147 Å². The zero-order valence-electron chi connectivity index (χ0n) is 10.6. The molecule has 22 heavy (non-hydrogen) atoms. The van der Waals surface area contributed by atoms with Crippen LogP contribution in [-0.2, 0) is 18.1 Å². The maximum atomic E-state index is 10.7. The van der Waals surface area contributed by atoms with Crippen LogP contribution in [0.5, 0.6) is 0 Å². The molecule has 0 unspecified atom stereocenters. The van der Waals surface area contributed by atoms with E-state index in [2.05, 4.69) is 0 Å². The minimum atomic E-state index is -3.64. The van der Waals surface area contributed by atoms with Crippen LogP contribution in [0.25, 0.3) is 0 Å². The van der Waals surface area contributed by atoms with Crippen LogP contribution >= 0.6 is 44.6 Å². The maximum absolute atomic E-state index is 10.7. The van der Waals surface area contributed by atoms with E-state index in [1.807, 2.05) is 0 Å². The quantitative estimate of drug-likeness (QED) is 0.667. The first-order chi connectivity index (χ1) is 10.00. The van der Waals surface area contributed by atoms with Gasteiger partial charge in [-0.2, -0.15) is 0 Å². The van der Waals surface area contributed by atoms with Crippen LogP contribution in [-0.4, -0.2) is 16.8 Å². The molecule has 0 aromatic heterocycles. The van der Waals surface area contributed by atoms with Crippen molar-refractivity contribution in [3.8, 4) is 0 Å². The number of hydrogen-bond acceptors (Lipinski definition) is 4. The van der Waals surface area contributed by atoms with Crippen molar-refractivity contribution in [2.75, 3.05) is 0 Å². The van der Waals surface area contributed by atoms with Crippen LogP contribution in [0.15, 0.2) is 58.3 Å². The van der Waals surface area contributed by atoms with E-state index >= 15 is 0 Å². The lowest BCUT2D eigenvalue weighted by Crippen LogP contribution is -1.88. The van der Waals surface area contributed by atoms with Crippen molar-refractivity contribution >= 4 is 62.7 Å². The Morgan fingerprint density at radius 2 is 1.14 bits per heavy atom. The summed E-state index contributed by atoms with van der Waals surface area (Å²) in [6, 6.07) is 11.4. The Hall–Kier alpha value is -0.500. The zero-order valence-corrected chi connectivity index (χ0v) is 15.2. The largest absolute Gasteiger partial charge is 0.261 e. The highest BCUT2D eigenvalue weighted by Crippen LogP contribution is 2.18. The zero-order chi connectivity index (χ0) is 17.0. The Kier molecular flexibility index (Phi) is 6.98. The van der Waals surface area contributed by atoms with Crippen LogP contribution in [0.3, 0.4) is 0 Å². The van der Waals surface area contributed by atoms with Gasteiger partial charge in [0.25, 0.3) is 18.1 Å². The lowest BCUT2D eigenvalue weighted by atomic mass is 10.4. The Morgan fingerprint density at radius 3 is 1.50 bits per heavy atom. The average Bonchev–Trinajstić information content (AvgIpc) is 2.38. The molecule has 0 fully saturated rings. The number of halogens is 4. The highest BCUT2D eigenvalue weighted by atomic mass is 35.7. The van der Waals surface area contributed by atoms with Crippen molar-refractivity contribution in [1.29, 1.82) is 0 Å². The van der Waals surface area contributed by atoms with E-state index in [4.69, 9.17) is 44.6 Å². The molecule has 0 saturated carbocycles. The first kappa shape index (κ1) is 19.5. The van der Waals surface area contributed by atoms with Gasteiger partial charge in [-0.1, -0.05) is 29.3 Å². The van der Waals surface area contributed by atoms with E-state index < -0.39 is 18.1 Å². The molecule has 0 N–H and O–H groups in total. The molecule has 10 heteroatoms. The summed E-state index contributed by atoms with van der Waals surface area (Å²) in [7, 11) is 2.84. The molecule has 0 aliphatic heterocycles. The second-order valence-electron chi connectivity index (χ2n) is 3.79. The molecule has 2 rings (SSSR count). The minimum absolute atomic E-state index is 0.0201. The predicted molar refractivity (Wildman–Crippen MR) is 89.0 cm³/mol. The molecule has 0 spiro atoms. The van der Waals surface area contributed by atoms with Gasteiger partial charge in [0.15, 0.2) is 0 Å². The standard InChI is InChI=1S/2C6H4Cl2O2S/c7-5-1-3-6(4-2-5)11(8,9)10;7-5-2-1-3-6(4-5)11(8,9)10/h2*1-4H. The molecule has 2 aromatic rings. The minimum Gasteiger partial charge on any atom is -0.207 e. The van der Waals surface area contributed by atoms with Gasteiger partial charge in [0.2, 0.25) is 0 Å². The van der Waals surface area contributed by atoms with Gasteiger partial charge in [0.1, 0.15) is 0 Å². The van der Waals surface area contributed by atoms with Gasteiger partial charge in [0.05, 0.1) is 9.79 Å². The molecule has 120 valence electrons. The molecule has 0 atom stereocenters. The van der Waals surface area contributed by atoms with Gasteiger partial charge >= 0.3 is 0 Å². The van der Waals surface area contributed by atoms with Gasteiger partial charge in [-0.25, -0.2) is 16.8 Å². The van der Waals surface area contributed by atoms with Gasteiger partial charge in [-0.05, 0) is 42.5 Å². The number of hydrogen-bond donors (Lipinski definition) is 0. The molecule has 0 aliphatic carbocycles. The van der Waals surface area contributed by atoms with Crippen LogP contribution in [0, 0.1) is 0 Å². The van der Waals surface area contributed by atoms with Gasteiger partial charge in [-0.15, -0.1) is 0 Å². The molecular weight excluding hydrogens is 414 g/mol. The molecule has 0 bridgehead atoms. The van der Waals surface area contributed by atoms with E-state index in [1.54, 1.807) is 6.07 Å². The Morgan fingerprint density at radius 1 is 0.636 bits per heavy atom. The van der Waals surface area contributed by atoms with E-state index in [1.165, 1.54) is 42.5 Å². The average molecular weight is 422 g/mol. The molecule has 4 nitrogen and oxygen atoms in total. The van der Waals surface area contributed by atoms with Crippen molar-refractivity contribution in [3.63, 3.8) is 0 Å². The van der Waals surface area contributed by atoms with Crippen LogP contribution in [0.1, 0.15) is 0 Å². The highest BCUT2D eigenvalue weighted by molar-refractivity contribution is 8.14. The highest BCUT2D eigenvalue weighted by Gasteiger charge is 2.09. The molecule has 0 heterocycles. The van der Waals surface area contributed by atoms with Crippen molar-refractivity contribution in [2.24, 2.45) is 0 Å². The number of rotatable bonds is 2. The Bertz CT molecular complexity index is 847. The monoisotopic (exact) mass is 420 g/mol. The summed E-state index contributed by atoms with van der Waals surface area (Å²) in [5.41, 5.74) is 0. The van der Waals surface area contributed by atoms with Crippen molar-refractivity contribution in [1.82, 2.24) is 0 Å². The van der Waals surface area contributed by atoms with Crippen molar-refractivity contribution in [2.45, 2.75) is 9.79 Å². The fourth-order valence-electron chi connectivity index (χ4n) is 1.22. The molecule has 0 aliphatic rings. The lowest BCUT2D eigenvalue weighted by molar-refractivity contribution is 0.608. The molecule has 0 amide bonds. The van der Waals surface area contributed by atoms with Crippen LogP contribution in [0.2, 0.25) is 10.0 Å². The summed E-state index contributed by atoms with van der Waals surface area (Å²) >= 11 is 11.1. The molecular formula is C12H8Cl4O4S2. The SMILES string of the molecule is O=S(=O)(Cl)c1ccc(Cl)cc1.O=S(=O)(Cl)c1cccc(Cl)c1. The van der Waals surface area contributed by atoms with Crippen molar-refractivity contribution < 1.29 is 16.8 Å². The summed E-state index contributed by atoms with van der Waals surface area (Å²) in [6.07, 6.45) is 0. The fraction of sp³-hybridized carbons (Fsp3) is 0. The van der Waals surface area contributed by atoms with Gasteiger partial charge < -0.3 is 0 Å². The van der Waals surface area contributed by atoms with Crippen LogP contribution < -0.4 is 0 Å². The second-order valence-corrected chi connectivity index (χ2v) is 9.79. The third kappa shape index (κ3) is 6.73. The van der Waals surface area contributed by atoms with E-state index in [-0.39, 0.29) is 9.79 Å². The summed E-state index contributed by atoms with van der Waals surface area (Å²) in [6.45, 7) is 0. The lowest BCUT2D eigenvalue weighted by Gasteiger charge is -1.94. The third-order valence-electron chi connectivity index (χ3n) is 2.17. The smallest absolute Gasteiger partial charge is 0.207 e. The van der Waals surface area contributed by atoms with Crippen LogP contribution in [0.4, 0.5) is 0 Å². The normalized spacial score (nSPS) is 11.5. The Balaban J connectivity index is 0.000000220. The van der Waals surface area contributed by atoms with Gasteiger partial charge in [0, 0.05) is 31.4 Å². The van der Waals surface area contributed by atoms with E-state index in [0.717, 1.165) is 0 Å². The summed E-state index contributed by atoms with van der Waals surface area (Å²) in [5, 5.41) is 0.834. The first-order valence-electron chi connectivity index (χ1n) is 5.40. The first-order valence-corrected chi connectivity index (χ1v) is 10.8. The summed E-state index contributed by atoms with van der Waals surface area (Å²) < 4.78 is 42.7. The third-order valence-corrected chi connectivity index (χ3v) is 5.38. The predicted octanol–water partition coefficient (Wildman–Crippen LogP) is 4.54. The summed E-state index contributed by atoms with van der Waals surface area (Å²) in [4.78, 5) is 0.0789. The fourth-order valence-corrected chi connectivity index (χ4v) is 3.16. The number of benzene rings is 2. The maximum Gasteiger partial charge on any atom is 0.261 e. The van der Waals surface area contributed by atoms with Gasteiger partial charge in [-0.3, -0.25) is 0 Å². The second kappa shape index (κ2) is 7.86. The molecule has 2 aromatic carbocycles. The summed E-state index contributed by atoms with van der Waals surface area (Å²) in [5.74, 6) is 0. The van der Waals surface area contributed by atoms with E-state index in [9.17, 15) is 16.8 Å². The molecule has 0 radical (unpaired) electrons. The molecule has 0 saturated heterocycles. The topological polar surface area (TPSA) is 68.3 Å².